The fourth-order valence-electron chi connectivity index (χ4n) is 2.11. The number of rotatable bonds is 4. The first-order valence-electron chi connectivity index (χ1n) is 6.99. The summed E-state index contributed by atoms with van der Waals surface area (Å²) in [7, 11) is 0. The summed E-state index contributed by atoms with van der Waals surface area (Å²) < 4.78 is 16.3. The first kappa shape index (κ1) is 17.0. The summed E-state index contributed by atoms with van der Waals surface area (Å²) in [5, 5.41) is 3.86. The number of carbonyl (C=O) groups is 1. The molecule has 1 aliphatic heterocycles. The highest BCUT2D eigenvalue weighted by Gasteiger charge is 2.16. The summed E-state index contributed by atoms with van der Waals surface area (Å²) in [6.07, 6.45) is 0. The smallest absolute Gasteiger partial charge is 0.262 e. The molecule has 0 aromatic heterocycles. The van der Waals surface area contributed by atoms with Crippen molar-refractivity contribution in [2.75, 3.05) is 25.1 Å². The molecule has 0 spiro atoms. The molecular weight excluding hydrogens is 377 g/mol. The number of halogens is 3. The van der Waals surface area contributed by atoms with Crippen molar-refractivity contribution in [1.82, 2.24) is 0 Å². The standard InChI is InChI=1S/C16H12Cl3NO4/c17-9-3-10(18)5-11(4-9)24-8-16(21)20-13-7-15-14(6-12(13)19)22-1-2-23-15/h3-7H,1-2,8H2,(H,20,21). The van der Waals surface area contributed by atoms with Crippen molar-refractivity contribution in [3.05, 3.63) is 45.4 Å². The molecule has 0 fully saturated rings. The normalized spacial score (nSPS) is 12.6. The van der Waals surface area contributed by atoms with Gasteiger partial charge in [0.05, 0.1) is 10.7 Å². The van der Waals surface area contributed by atoms with Crippen LogP contribution in [0.3, 0.4) is 0 Å². The molecule has 0 radical (unpaired) electrons. The van der Waals surface area contributed by atoms with Crippen LogP contribution >= 0.6 is 34.8 Å². The number of hydrogen-bond donors (Lipinski definition) is 1. The van der Waals surface area contributed by atoms with Gasteiger partial charge in [0.25, 0.3) is 5.91 Å². The number of anilines is 1. The molecule has 5 nitrogen and oxygen atoms in total. The molecular formula is C16H12Cl3NO4. The highest BCUT2D eigenvalue weighted by molar-refractivity contribution is 6.35. The number of nitrogens with one attached hydrogen (secondary N) is 1. The third kappa shape index (κ3) is 4.17. The maximum absolute atomic E-state index is 12.0. The topological polar surface area (TPSA) is 56.8 Å². The van der Waals surface area contributed by atoms with Crippen molar-refractivity contribution in [2.45, 2.75) is 0 Å². The zero-order chi connectivity index (χ0) is 17.1. The highest BCUT2D eigenvalue weighted by atomic mass is 35.5. The van der Waals surface area contributed by atoms with Crippen LogP contribution in [-0.4, -0.2) is 25.7 Å². The number of ether oxygens (including phenoxy) is 3. The van der Waals surface area contributed by atoms with Gasteiger partial charge < -0.3 is 19.5 Å². The van der Waals surface area contributed by atoms with Crippen LogP contribution in [0, 0.1) is 0 Å². The molecule has 0 bridgehead atoms. The van der Waals surface area contributed by atoms with E-state index in [-0.39, 0.29) is 12.5 Å². The summed E-state index contributed by atoms with van der Waals surface area (Å²) in [4.78, 5) is 12.0. The van der Waals surface area contributed by atoms with Crippen molar-refractivity contribution in [2.24, 2.45) is 0 Å². The Morgan fingerprint density at radius 2 is 1.62 bits per heavy atom. The largest absolute Gasteiger partial charge is 0.486 e. The van der Waals surface area contributed by atoms with Gasteiger partial charge >= 0.3 is 0 Å². The van der Waals surface area contributed by atoms with Crippen molar-refractivity contribution in [3.8, 4) is 17.2 Å². The first-order valence-corrected chi connectivity index (χ1v) is 8.12. The number of amides is 1. The second-order valence-electron chi connectivity index (χ2n) is 4.92. The van der Waals surface area contributed by atoms with E-state index in [0.717, 1.165) is 0 Å². The number of fused-ring (bicyclic) bond motifs is 1. The van der Waals surface area contributed by atoms with Crippen LogP contribution in [0.2, 0.25) is 15.1 Å². The maximum Gasteiger partial charge on any atom is 0.262 e. The summed E-state index contributed by atoms with van der Waals surface area (Å²) in [5.41, 5.74) is 0.415. The summed E-state index contributed by atoms with van der Waals surface area (Å²) in [6, 6.07) is 7.93. The third-order valence-electron chi connectivity index (χ3n) is 3.11. The molecule has 24 heavy (non-hydrogen) atoms. The van der Waals surface area contributed by atoms with E-state index in [1.54, 1.807) is 30.3 Å². The number of hydrogen-bond acceptors (Lipinski definition) is 4. The molecule has 126 valence electrons. The van der Waals surface area contributed by atoms with E-state index in [1.165, 1.54) is 0 Å². The van der Waals surface area contributed by atoms with E-state index < -0.39 is 0 Å². The Kier molecular flexibility index (Phi) is 5.23. The average molecular weight is 389 g/mol. The molecule has 0 saturated carbocycles. The molecule has 1 amide bonds. The van der Waals surface area contributed by atoms with Crippen molar-refractivity contribution >= 4 is 46.4 Å². The fraction of sp³-hybridized carbons (Fsp3) is 0.188. The van der Waals surface area contributed by atoms with Crippen LogP contribution < -0.4 is 19.5 Å². The quantitative estimate of drug-likeness (QED) is 0.841. The van der Waals surface area contributed by atoms with Crippen molar-refractivity contribution in [1.29, 1.82) is 0 Å². The van der Waals surface area contributed by atoms with Crippen LogP contribution in [-0.2, 0) is 4.79 Å². The fourth-order valence-corrected chi connectivity index (χ4v) is 2.81. The number of benzene rings is 2. The summed E-state index contributed by atoms with van der Waals surface area (Å²) >= 11 is 17.9. The zero-order valence-corrected chi connectivity index (χ0v) is 14.5. The van der Waals surface area contributed by atoms with Crippen LogP contribution in [0.15, 0.2) is 30.3 Å². The van der Waals surface area contributed by atoms with Crippen LogP contribution in [0.5, 0.6) is 17.2 Å². The lowest BCUT2D eigenvalue weighted by Crippen LogP contribution is -2.21. The van der Waals surface area contributed by atoms with Crippen molar-refractivity contribution in [3.63, 3.8) is 0 Å². The van der Waals surface area contributed by atoms with Gasteiger partial charge in [-0.25, -0.2) is 0 Å². The van der Waals surface area contributed by atoms with Gasteiger partial charge in [0.1, 0.15) is 19.0 Å². The Labute approximate surface area is 153 Å². The van der Waals surface area contributed by atoms with Crippen molar-refractivity contribution < 1.29 is 19.0 Å². The second kappa shape index (κ2) is 7.38. The molecule has 2 aromatic carbocycles. The molecule has 0 saturated heterocycles. The molecule has 3 rings (SSSR count). The van der Waals surface area contributed by atoms with Gasteiger partial charge in [0, 0.05) is 22.2 Å². The second-order valence-corrected chi connectivity index (χ2v) is 6.20. The molecule has 0 unspecified atom stereocenters. The zero-order valence-electron chi connectivity index (χ0n) is 12.3. The molecule has 1 aliphatic rings. The molecule has 1 heterocycles. The van der Waals surface area contributed by atoms with Crippen LogP contribution in [0.1, 0.15) is 0 Å². The van der Waals surface area contributed by atoms with Gasteiger partial charge in [-0.2, -0.15) is 0 Å². The minimum Gasteiger partial charge on any atom is -0.486 e. The minimum atomic E-state index is -0.385. The van der Waals surface area contributed by atoms with Crippen LogP contribution in [0.25, 0.3) is 0 Å². The Hall–Kier alpha value is -1.82. The monoisotopic (exact) mass is 387 g/mol. The number of carbonyl (C=O) groups excluding carboxylic acids is 1. The average Bonchev–Trinajstić information content (AvgIpc) is 2.53. The van der Waals surface area contributed by atoms with E-state index in [2.05, 4.69) is 5.32 Å². The lowest BCUT2D eigenvalue weighted by Gasteiger charge is -2.20. The Morgan fingerprint density at radius 1 is 1.00 bits per heavy atom. The van der Waals surface area contributed by atoms with E-state index in [0.29, 0.717) is 51.2 Å². The van der Waals surface area contributed by atoms with Crippen LogP contribution in [0.4, 0.5) is 5.69 Å². The predicted molar refractivity (Wildman–Crippen MR) is 93.0 cm³/mol. The van der Waals surface area contributed by atoms with E-state index in [9.17, 15) is 4.79 Å². The molecule has 2 aromatic rings. The van der Waals surface area contributed by atoms with Gasteiger partial charge in [-0.1, -0.05) is 34.8 Å². The SMILES string of the molecule is O=C(COc1cc(Cl)cc(Cl)c1)Nc1cc2c(cc1Cl)OCCO2. The lowest BCUT2D eigenvalue weighted by atomic mass is 10.2. The Morgan fingerprint density at radius 3 is 2.29 bits per heavy atom. The molecule has 0 atom stereocenters. The van der Waals surface area contributed by atoms with E-state index >= 15 is 0 Å². The Balaban J connectivity index is 1.64. The lowest BCUT2D eigenvalue weighted by molar-refractivity contribution is -0.118. The summed E-state index contributed by atoms with van der Waals surface area (Å²) in [5.74, 6) is 1.10. The van der Waals surface area contributed by atoms with Gasteiger partial charge in [0.2, 0.25) is 0 Å². The third-order valence-corrected chi connectivity index (χ3v) is 3.86. The summed E-state index contributed by atoms with van der Waals surface area (Å²) in [6.45, 7) is 0.688. The Bertz CT molecular complexity index is 762. The molecule has 8 heteroatoms. The molecule has 0 aliphatic carbocycles. The van der Waals surface area contributed by atoms with E-state index in [4.69, 9.17) is 49.0 Å². The van der Waals surface area contributed by atoms with E-state index in [1.807, 2.05) is 0 Å². The highest BCUT2D eigenvalue weighted by Crippen LogP contribution is 2.37. The van der Waals surface area contributed by atoms with Gasteiger partial charge in [-0.05, 0) is 18.2 Å². The minimum absolute atomic E-state index is 0.221. The van der Waals surface area contributed by atoms with Gasteiger partial charge in [-0.15, -0.1) is 0 Å². The predicted octanol–water partition coefficient (Wildman–Crippen LogP) is 4.44. The van der Waals surface area contributed by atoms with Gasteiger partial charge in [-0.3, -0.25) is 4.79 Å². The molecule has 1 N–H and O–H groups in total. The maximum atomic E-state index is 12.0. The van der Waals surface area contributed by atoms with Gasteiger partial charge in [0.15, 0.2) is 18.1 Å². The first-order chi connectivity index (χ1) is 11.5.